The van der Waals surface area contributed by atoms with Crippen LogP contribution >= 0.6 is 0 Å². The van der Waals surface area contributed by atoms with Gasteiger partial charge in [-0.1, -0.05) is 35.5 Å². The van der Waals surface area contributed by atoms with Crippen LogP contribution in [-0.2, 0) is 20.8 Å². The highest BCUT2D eigenvalue weighted by atomic mass is 16.7. The maximum atomic E-state index is 11.3. The number of hydrogen-bond donors (Lipinski definition) is 1. The number of carbonyl (C=O) groups is 1. The van der Waals surface area contributed by atoms with E-state index in [9.17, 15) is 9.90 Å². The fraction of sp³-hybridized carbons (Fsp3) is 0.429. The van der Waals surface area contributed by atoms with Gasteiger partial charge in [0.2, 0.25) is 6.10 Å². The number of hydrogen-bond acceptors (Lipinski definition) is 5. The third-order valence-corrected chi connectivity index (χ3v) is 3.09. The maximum absolute atomic E-state index is 11.3. The molecule has 5 heteroatoms. The van der Waals surface area contributed by atoms with E-state index >= 15 is 0 Å². The number of benzene rings is 1. The minimum atomic E-state index is -0.716. The molecule has 19 heavy (non-hydrogen) atoms. The van der Waals surface area contributed by atoms with Gasteiger partial charge in [-0.25, -0.2) is 4.79 Å². The third-order valence-electron chi connectivity index (χ3n) is 3.09. The van der Waals surface area contributed by atoms with Gasteiger partial charge in [0.15, 0.2) is 0 Å². The quantitative estimate of drug-likeness (QED) is 0.813. The molecule has 0 unspecified atom stereocenters. The van der Waals surface area contributed by atoms with Crippen molar-refractivity contribution in [2.45, 2.75) is 31.5 Å². The molecule has 1 aromatic rings. The summed E-state index contributed by atoms with van der Waals surface area (Å²) >= 11 is 0. The van der Waals surface area contributed by atoms with Crippen LogP contribution in [0.3, 0.4) is 0 Å². The molecule has 0 aliphatic carbocycles. The Bertz CT molecular complexity index is 458. The molecular weight excluding hydrogens is 246 g/mol. The Morgan fingerprint density at radius 3 is 2.95 bits per heavy atom. The van der Waals surface area contributed by atoms with Crippen LogP contribution in [0.25, 0.3) is 0 Å². The van der Waals surface area contributed by atoms with E-state index in [-0.39, 0.29) is 0 Å². The Balaban J connectivity index is 1.81. The van der Waals surface area contributed by atoms with E-state index < -0.39 is 18.2 Å². The molecule has 2 atom stereocenters. The zero-order chi connectivity index (χ0) is 13.7. The van der Waals surface area contributed by atoms with Gasteiger partial charge in [0.05, 0.1) is 18.9 Å². The molecule has 0 saturated carbocycles. The highest BCUT2D eigenvalue weighted by molar-refractivity contribution is 5.93. The zero-order valence-corrected chi connectivity index (χ0v) is 10.8. The molecule has 0 bridgehead atoms. The van der Waals surface area contributed by atoms with Crippen LogP contribution < -0.4 is 0 Å². The summed E-state index contributed by atoms with van der Waals surface area (Å²) in [6.07, 6.45) is 0.202. The molecule has 0 fully saturated rings. The lowest BCUT2D eigenvalue weighted by atomic mass is 10.0. The molecule has 2 rings (SSSR count). The van der Waals surface area contributed by atoms with Crippen molar-refractivity contribution in [3.8, 4) is 0 Å². The van der Waals surface area contributed by atoms with Gasteiger partial charge in [0.25, 0.3) is 0 Å². The first-order valence-electron chi connectivity index (χ1n) is 6.23. The van der Waals surface area contributed by atoms with E-state index in [1.165, 1.54) is 7.11 Å². The molecule has 0 aromatic heterocycles. The van der Waals surface area contributed by atoms with Crippen molar-refractivity contribution in [3.63, 3.8) is 0 Å². The smallest absolute Gasteiger partial charge is 0.350 e. The molecule has 1 aliphatic rings. The first-order chi connectivity index (χ1) is 9.20. The lowest BCUT2D eigenvalue weighted by molar-refractivity contribution is -0.152. The number of nitrogens with zero attached hydrogens (tertiary/aromatic N) is 1. The minimum absolute atomic E-state index is 0.294. The van der Waals surface area contributed by atoms with Crippen molar-refractivity contribution in [1.82, 2.24) is 0 Å². The number of rotatable bonds is 5. The highest BCUT2D eigenvalue weighted by Gasteiger charge is 2.31. The van der Waals surface area contributed by atoms with Gasteiger partial charge in [0, 0.05) is 6.42 Å². The summed E-state index contributed by atoms with van der Waals surface area (Å²) in [5.41, 5.74) is 1.66. The van der Waals surface area contributed by atoms with Crippen molar-refractivity contribution in [1.29, 1.82) is 0 Å². The Kier molecular flexibility index (Phi) is 4.52. The molecule has 1 heterocycles. The van der Waals surface area contributed by atoms with Gasteiger partial charge >= 0.3 is 5.97 Å². The van der Waals surface area contributed by atoms with Crippen molar-refractivity contribution in [3.05, 3.63) is 35.9 Å². The summed E-state index contributed by atoms with van der Waals surface area (Å²) in [5.74, 6) is -0.464. The molecule has 0 amide bonds. The topological polar surface area (TPSA) is 68.1 Å². The van der Waals surface area contributed by atoms with E-state index in [4.69, 9.17) is 4.84 Å². The summed E-state index contributed by atoms with van der Waals surface area (Å²) < 4.78 is 4.57. The van der Waals surface area contributed by atoms with Crippen LogP contribution in [0, 0.1) is 0 Å². The second kappa shape index (κ2) is 6.33. The summed E-state index contributed by atoms with van der Waals surface area (Å²) in [5, 5.41) is 13.8. The molecule has 5 nitrogen and oxygen atoms in total. The molecule has 102 valence electrons. The van der Waals surface area contributed by atoms with Crippen LogP contribution in [0.5, 0.6) is 0 Å². The molecule has 1 aromatic carbocycles. The van der Waals surface area contributed by atoms with Crippen LogP contribution in [-0.4, -0.2) is 36.1 Å². The van der Waals surface area contributed by atoms with Crippen molar-refractivity contribution in [2.24, 2.45) is 5.16 Å². The van der Waals surface area contributed by atoms with Crippen LogP contribution in [0.1, 0.15) is 18.4 Å². The average molecular weight is 263 g/mol. The van der Waals surface area contributed by atoms with Gasteiger partial charge in [0.1, 0.15) is 0 Å². The number of methoxy groups -OCH3 is 1. The lowest BCUT2D eigenvalue weighted by Gasteiger charge is -2.09. The highest BCUT2D eigenvalue weighted by Crippen LogP contribution is 2.17. The summed E-state index contributed by atoms with van der Waals surface area (Å²) in [4.78, 5) is 16.2. The van der Waals surface area contributed by atoms with Crippen molar-refractivity contribution >= 4 is 11.7 Å². The first kappa shape index (κ1) is 13.5. The van der Waals surface area contributed by atoms with E-state index in [0.717, 1.165) is 12.0 Å². The lowest BCUT2D eigenvalue weighted by Crippen LogP contribution is -2.26. The van der Waals surface area contributed by atoms with Crippen LogP contribution in [0.2, 0.25) is 0 Å². The minimum Gasteiger partial charge on any atom is -0.466 e. The molecule has 1 aliphatic heterocycles. The number of aliphatic hydroxyl groups is 1. The number of oxime groups is 1. The number of esters is 1. The number of aliphatic hydroxyl groups excluding tert-OH is 1. The van der Waals surface area contributed by atoms with Gasteiger partial charge in [-0.2, -0.15) is 0 Å². The van der Waals surface area contributed by atoms with Gasteiger partial charge < -0.3 is 14.7 Å². The molecule has 1 N–H and O–H groups in total. The normalized spacial score (nSPS) is 19.5. The number of aryl methyl sites for hydroxylation is 1. The molecule has 0 spiro atoms. The Labute approximate surface area is 111 Å². The monoisotopic (exact) mass is 263 g/mol. The first-order valence-corrected chi connectivity index (χ1v) is 6.23. The summed E-state index contributed by atoms with van der Waals surface area (Å²) in [7, 11) is 1.30. The number of carbonyl (C=O) groups excluding carboxylic acids is 1. The van der Waals surface area contributed by atoms with Crippen molar-refractivity contribution in [2.75, 3.05) is 7.11 Å². The maximum Gasteiger partial charge on any atom is 0.350 e. The van der Waals surface area contributed by atoms with E-state index in [1.807, 2.05) is 30.3 Å². The SMILES string of the molecule is COC(=O)[C@H]1CC([C@@H](O)CCc2ccccc2)=NO1. The van der Waals surface area contributed by atoms with E-state index in [0.29, 0.717) is 18.6 Å². The van der Waals surface area contributed by atoms with Gasteiger partial charge in [-0.15, -0.1) is 0 Å². The predicted octanol–water partition coefficient (Wildman–Crippen LogP) is 1.30. The second-order valence-corrected chi connectivity index (χ2v) is 4.44. The Morgan fingerprint density at radius 2 is 2.26 bits per heavy atom. The fourth-order valence-corrected chi connectivity index (χ4v) is 1.97. The van der Waals surface area contributed by atoms with Crippen molar-refractivity contribution < 1.29 is 19.5 Å². The average Bonchev–Trinajstić information content (AvgIpc) is 2.95. The number of ether oxygens (including phenoxy) is 1. The van der Waals surface area contributed by atoms with Crippen LogP contribution in [0.15, 0.2) is 35.5 Å². The van der Waals surface area contributed by atoms with E-state index in [1.54, 1.807) is 0 Å². The fourth-order valence-electron chi connectivity index (χ4n) is 1.97. The summed E-state index contributed by atoms with van der Waals surface area (Å²) in [6.45, 7) is 0. The molecular formula is C14H17NO4. The molecule has 0 radical (unpaired) electrons. The largest absolute Gasteiger partial charge is 0.466 e. The van der Waals surface area contributed by atoms with Gasteiger partial charge in [-0.05, 0) is 18.4 Å². The predicted molar refractivity (Wildman–Crippen MR) is 69.7 cm³/mol. The Morgan fingerprint density at radius 1 is 1.53 bits per heavy atom. The second-order valence-electron chi connectivity index (χ2n) is 4.44. The standard InChI is InChI=1S/C14H17NO4/c1-18-14(17)13-9-11(15-19-13)12(16)8-7-10-5-3-2-4-6-10/h2-6,12-13,16H,7-9H2,1H3/t12-,13+/m0/s1. The Hall–Kier alpha value is -1.88. The van der Waals surface area contributed by atoms with E-state index in [2.05, 4.69) is 9.89 Å². The zero-order valence-electron chi connectivity index (χ0n) is 10.8. The van der Waals surface area contributed by atoms with Gasteiger partial charge in [-0.3, -0.25) is 0 Å². The summed E-state index contributed by atoms with van der Waals surface area (Å²) in [6, 6.07) is 9.90. The molecule has 0 saturated heterocycles. The van der Waals surface area contributed by atoms with Crippen LogP contribution in [0.4, 0.5) is 0 Å². The third kappa shape index (κ3) is 3.54.